The van der Waals surface area contributed by atoms with E-state index in [2.05, 4.69) is 67.0 Å². The summed E-state index contributed by atoms with van der Waals surface area (Å²) in [5, 5.41) is 1.27. The van der Waals surface area contributed by atoms with Crippen molar-refractivity contribution >= 4 is 10.9 Å². The highest BCUT2D eigenvalue weighted by Gasteiger charge is 2.25. The van der Waals surface area contributed by atoms with Gasteiger partial charge in [0.1, 0.15) is 5.82 Å². The molecule has 136 valence electrons. The van der Waals surface area contributed by atoms with Crippen LogP contribution in [0.2, 0.25) is 0 Å². The van der Waals surface area contributed by atoms with Gasteiger partial charge in [-0.1, -0.05) is 39.0 Å². The Morgan fingerprint density at radius 2 is 2.08 bits per heavy atom. The minimum Gasteiger partial charge on any atom is -0.361 e. The molecule has 4 rings (SSSR count). The van der Waals surface area contributed by atoms with Gasteiger partial charge >= 0.3 is 0 Å². The quantitative estimate of drug-likeness (QED) is 0.744. The molecule has 1 aliphatic heterocycles. The number of nitrogens with one attached hydrogen (secondary N) is 2. The number of hydrogen-bond acceptors (Lipinski definition) is 3. The number of nitrogens with zero attached hydrogens (tertiary/aromatic N) is 2. The van der Waals surface area contributed by atoms with E-state index in [0.29, 0.717) is 6.54 Å². The summed E-state index contributed by atoms with van der Waals surface area (Å²) in [6, 6.07) is 6.39. The smallest absolute Gasteiger partial charge is 0.255 e. The predicted molar refractivity (Wildman–Crippen MR) is 104 cm³/mol. The van der Waals surface area contributed by atoms with Crippen molar-refractivity contribution < 1.29 is 0 Å². The van der Waals surface area contributed by atoms with Crippen LogP contribution in [-0.4, -0.2) is 26.4 Å². The molecule has 26 heavy (non-hydrogen) atoms. The standard InChI is InChI=1S/C21H26N4O/c1-13-6-5-7-15-14(10-22-18(13)15)11-25-9-8-17-16(12-25)19(26)24-20(23-17)21(2,3)4/h5-7,10,22H,8-9,11-12H2,1-4H3,(H,23,24,26). The van der Waals surface area contributed by atoms with Crippen molar-refractivity contribution in [2.45, 2.75) is 52.6 Å². The van der Waals surface area contributed by atoms with Gasteiger partial charge in [-0.25, -0.2) is 4.98 Å². The van der Waals surface area contributed by atoms with Crippen LogP contribution < -0.4 is 5.56 Å². The molecule has 3 heterocycles. The maximum Gasteiger partial charge on any atom is 0.255 e. The zero-order valence-electron chi connectivity index (χ0n) is 15.9. The van der Waals surface area contributed by atoms with Gasteiger partial charge in [0.25, 0.3) is 5.56 Å². The van der Waals surface area contributed by atoms with E-state index in [4.69, 9.17) is 4.98 Å². The zero-order valence-corrected chi connectivity index (χ0v) is 15.9. The number of para-hydroxylation sites is 1. The van der Waals surface area contributed by atoms with Crippen molar-refractivity contribution in [3.63, 3.8) is 0 Å². The van der Waals surface area contributed by atoms with Crippen LogP contribution in [0.3, 0.4) is 0 Å². The van der Waals surface area contributed by atoms with Crippen molar-refractivity contribution in [3.05, 3.63) is 63.0 Å². The Hall–Kier alpha value is -2.40. The monoisotopic (exact) mass is 350 g/mol. The van der Waals surface area contributed by atoms with Gasteiger partial charge in [-0.15, -0.1) is 0 Å². The van der Waals surface area contributed by atoms with E-state index >= 15 is 0 Å². The number of H-pyrrole nitrogens is 2. The van der Waals surface area contributed by atoms with E-state index in [1.54, 1.807) is 0 Å². The van der Waals surface area contributed by atoms with Crippen molar-refractivity contribution in [2.75, 3.05) is 6.54 Å². The summed E-state index contributed by atoms with van der Waals surface area (Å²) >= 11 is 0. The molecule has 2 N–H and O–H groups in total. The Bertz CT molecular complexity index is 1020. The second kappa shape index (κ2) is 6.09. The molecular weight excluding hydrogens is 324 g/mol. The minimum absolute atomic E-state index is 0.0133. The van der Waals surface area contributed by atoms with Crippen LogP contribution in [0.15, 0.2) is 29.2 Å². The van der Waals surface area contributed by atoms with Gasteiger partial charge in [0.15, 0.2) is 0 Å². The fourth-order valence-electron chi connectivity index (χ4n) is 3.71. The van der Waals surface area contributed by atoms with E-state index in [0.717, 1.165) is 36.6 Å². The molecule has 0 radical (unpaired) electrons. The average Bonchev–Trinajstić information content (AvgIpc) is 2.99. The third-order valence-electron chi connectivity index (χ3n) is 5.26. The topological polar surface area (TPSA) is 64.8 Å². The van der Waals surface area contributed by atoms with E-state index in [1.165, 1.54) is 22.0 Å². The lowest BCUT2D eigenvalue weighted by Gasteiger charge is -2.28. The van der Waals surface area contributed by atoms with E-state index < -0.39 is 0 Å². The van der Waals surface area contributed by atoms with Gasteiger partial charge in [0, 0.05) is 48.6 Å². The lowest BCUT2D eigenvalue weighted by atomic mass is 9.95. The van der Waals surface area contributed by atoms with Gasteiger partial charge in [0.2, 0.25) is 0 Å². The number of benzene rings is 1. The summed E-state index contributed by atoms with van der Waals surface area (Å²) < 4.78 is 0. The normalized spacial score (nSPS) is 15.4. The van der Waals surface area contributed by atoms with Crippen LogP contribution >= 0.6 is 0 Å². The summed E-state index contributed by atoms with van der Waals surface area (Å²) in [5.41, 5.74) is 5.39. The van der Waals surface area contributed by atoms with E-state index in [-0.39, 0.29) is 11.0 Å². The number of rotatable bonds is 2. The average molecular weight is 350 g/mol. The molecule has 2 aromatic heterocycles. The van der Waals surface area contributed by atoms with Gasteiger partial charge < -0.3 is 9.97 Å². The molecule has 0 atom stereocenters. The van der Waals surface area contributed by atoms with Crippen molar-refractivity contribution in [2.24, 2.45) is 0 Å². The third kappa shape index (κ3) is 2.97. The molecule has 0 fully saturated rings. The fraction of sp³-hybridized carbons (Fsp3) is 0.429. The Kier molecular flexibility index (Phi) is 3.99. The van der Waals surface area contributed by atoms with Crippen molar-refractivity contribution in [1.82, 2.24) is 19.9 Å². The SMILES string of the molecule is Cc1cccc2c(CN3CCc4nc(C(C)(C)C)[nH]c(=O)c4C3)c[nH]c12. The second-order valence-electron chi connectivity index (χ2n) is 8.36. The van der Waals surface area contributed by atoms with Crippen LogP contribution in [0, 0.1) is 6.92 Å². The molecule has 1 aromatic carbocycles. The first-order chi connectivity index (χ1) is 12.3. The molecular formula is C21H26N4O. The lowest BCUT2D eigenvalue weighted by Crippen LogP contribution is -2.37. The van der Waals surface area contributed by atoms with Crippen molar-refractivity contribution in [1.29, 1.82) is 0 Å². The van der Waals surface area contributed by atoms with Crippen LogP contribution in [0.25, 0.3) is 10.9 Å². The molecule has 5 nitrogen and oxygen atoms in total. The highest BCUT2D eigenvalue weighted by atomic mass is 16.1. The largest absolute Gasteiger partial charge is 0.361 e. The molecule has 0 bridgehead atoms. The molecule has 0 unspecified atom stereocenters. The Morgan fingerprint density at radius 3 is 2.85 bits per heavy atom. The predicted octanol–water partition coefficient (Wildman–Crippen LogP) is 3.42. The number of aromatic amines is 2. The summed E-state index contributed by atoms with van der Waals surface area (Å²) in [7, 11) is 0. The molecule has 0 amide bonds. The van der Waals surface area contributed by atoms with Gasteiger partial charge in [0.05, 0.1) is 11.3 Å². The van der Waals surface area contributed by atoms with Gasteiger partial charge in [-0.05, 0) is 18.1 Å². The molecule has 0 aliphatic carbocycles. The van der Waals surface area contributed by atoms with Crippen molar-refractivity contribution in [3.8, 4) is 0 Å². The van der Waals surface area contributed by atoms with Gasteiger partial charge in [-0.2, -0.15) is 0 Å². The Balaban J connectivity index is 1.61. The molecule has 0 saturated heterocycles. The fourth-order valence-corrected chi connectivity index (χ4v) is 3.71. The van der Waals surface area contributed by atoms with Gasteiger partial charge in [-0.3, -0.25) is 9.69 Å². The number of hydrogen-bond donors (Lipinski definition) is 2. The molecule has 5 heteroatoms. The number of aryl methyl sites for hydroxylation is 1. The van der Waals surface area contributed by atoms with E-state index in [1.807, 2.05) is 0 Å². The lowest BCUT2D eigenvalue weighted by molar-refractivity contribution is 0.242. The minimum atomic E-state index is -0.146. The van der Waals surface area contributed by atoms with Crippen LogP contribution in [0.4, 0.5) is 0 Å². The number of fused-ring (bicyclic) bond motifs is 2. The molecule has 1 aliphatic rings. The maximum absolute atomic E-state index is 12.6. The maximum atomic E-state index is 12.6. The van der Waals surface area contributed by atoms with E-state index in [9.17, 15) is 4.79 Å². The Labute approximate surface area is 153 Å². The van der Waals surface area contributed by atoms with Crippen LogP contribution in [-0.2, 0) is 24.9 Å². The summed E-state index contributed by atoms with van der Waals surface area (Å²) in [4.78, 5) is 26.1. The second-order valence-corrected chi connectivity index (χ2v) is 8.36. The first-order valence-corrected chi connectivity index (χ1v) is 9.23. The highest BCUT2D eigenvalue weighted by Crippen LogP contribution is 2.25. The zero-order chi connectivity index (χ0) is 18.5. The first-order valence-electron chi connectivity index (χ1n) is 9.23. The van der Waals surface area contributed by atoms with Crippen LogP contribution in [0.5, 0.6) is 0 Å². The highest BCUT2D eigenvalue weighted by molar-refractivity contribution is 5.85. The summed E-state index contributed by atoms with van der Waals surface area (Å²) in [6.45, 7) is 10.8. The molecule has 0 saturated carbocycles. The molecule has 0 spiro atoms. The molecule has 3 aromatic rings. The third-order valence-corrected chi connectivity index (χ3v) is 5.26. The summed E-state index contributed by atoms with van der Waals surface area (Å²) in [5.74, 6) is 0.779. The summed E-state index contributed by atoms with van der Waals surface area (Å²) in [6.07, 6.45) is 2.92. The first kappa shape index (κ1) is 17.0. The Morgan fingerprint density at radius 1 is 1.27 bits per heavy atom. The van der Waals surface area contributed by atoms with Crippen LogP contribution in [0.1, 0.15) is 49.0 Å². The number of aromatic nitrogens is 3.